The monoisotopic (exact) mass is 279 g/mol. The van der Waals surface area contributed by atoms with Crippen molar-refractivity contribution >= 4 is 21.4 Å². The SMILES string of the molecule is C[C@H](CS(C)(=O)=O)NCCCn1cc(Cl)cn1. The molecule has 0 radical (unpaired) electrons. The molecule has 1 rings (SSSR count). The van der Waals surface area contributed by atoms with Gasteiger partial charge in [0.1, 0.15) is 9.84 Å². The molecule has 0 unspecified atom stereocenters. The lowest BCUT2D eigenvalue weighted by molar-refractivity contribution is 0.509. The van der Waals surface area contributed by atoms with Gasteiger partial charge in [-0.3, -0.25) is 4.68 Å². The summed E-state index contributed by atoms with van der Waals surface area (Å²) in [6.45, 7) is 3.39. The van der Waals surface area contributed by atoms with Crippen molar-refractivity contribution in [3.8, 4) is 0 Å². The summed E-state index contributed by atoms with van der Waals surface area (Å²) in [5.41, 5.74) is 0. The molecule has 0 bridgehead atoms. The van der Waals surface area contributed by atoms with Crippen molar-refractivity contribution in [3.63, 3.8) is 0 Å². The van der Waals surface area contributed by atoms with Crippen molar-refractivity contribution in [2.24, 2.45) is 0 Å². The second-order valence-corrected chi connectivity index (χ2v) is 6.84. The maximum absolute atomic E-state index is 11.0. The number of halogens is 1. The molecule has 17 heavy (non-hydrogen) atoms. The summed E-state index contributed by atoms with van der Waals surface area (Å²) in [5.74, 6) is 0.167. The van der Waals surface area contributed by atoms with Crippen molar-refractivity contribution in [2.45, 2.75) is 25.9 Å². The molecule has 0 amide bonds. The van der Waals surface area contributed by atoms with Gasteiger partial charge in [0.15, 0.2) is 0 Å². The first kappa shape index (κ1) is 14.5. The summed E-state index contributed by atoms with van der Waals surface area (Å²) in [5, 5.41) is 7.84. The number of hydrogen-bond acceptors (Lipinski definition) is 4. The highest BCUT2D eigenvalue weighted by atomic mass is 35.5. The Balaban J connectivity index is 2.16. The van der Waals surface area contributed by atoms with Crippen LogP contribution in [-0.2, 0) is 16.4 Å². The van der Waals surface area contributed by atoms with Gasteiger partial charge in [-0.1, -0.05) is 11.6 Å². The van der Waals surface area contributed by atoms with E-state index in [1.807, 2.05) is 6.92 Å². The molecule has 1 atom stereocenters. The summed E-state index contributed by atoms with van der Waals surface area (Å²) in [7, 11) is -2.91. The van der Waals surface area contributed by atoms with E-state index in [1.54, 1.807) is 17.1 Å². The molecule has 0 aliphatic carbocycles. The summed E-state index contributed by atoms with van der Waals surface area (Å²) in [6, 6.07) is -0.0220. The Labute approximate surface area is 107 Å². The van der Waals surface area contributed by atoms with Crippen LogP contribution in [-0.4, -0.2) is 42.8 Å². The number of nitrogens with zero attached hydrogens (tertiary/aromatic N) is 2. The molecule has 1 N–H and O–H groups in total. The normalized spacial score (nSPS) is 13.8. The van der Waals surface area contributed by atoms with Gasteiger partial charge in [-0.25, -0.2) is 8.42 Å². The first-order chi connectivity index (χ1) is 7.87. The lowest BCUT2D eigenvalue weighted by Gasteiger charge is -2.12. The minimum Gasteiger partial charge on any atom is -0.313 e. The predicted molar refractivity (Wildman–Crippen MR) is 69.0 cm³/mol. The molecule has 0 aliphatic heterocycles. The Hall–Kier alpha value is -0.590. The van der Waals surface area contributed by atoms with Crippen LogP contribution in [0.15, 0.2) is 12.4 Å². The third kappa shape index (κ3) is 6.65. The topological polar surface area (TPSA) is 64.0 Å². The third-order valence-corrected chi connectivity index (χ3v) is 3.51. The smallest absolute Gasteiger partial charge is 0.148 e. The van der Waals surface area contributed by atoms with Crippen LogP contribution in [0.2, 0.25) is 5.02 Å². The second kappa shape index (κ2) is 6.37. The number of aromatic nitrogens is 2. The van der Waals surface area contributed by atoms with Gasteiger partial charge in [0.25, 0.3) is 0 Å². The maximum Gasteiger partial charge on any atom is 0.148 e. The molecule has 1 heterocycles. The molecule has 0 aromatic carbocycles. The Morgan fingerprint density at radius 3 is 2.82 bits per heavy atom. The van der Waals surface area contributed by atoms with Crippen LogP contribution in [0, 0.1) is 0 Å². The molecule has 98 valence electrons. The largest absolute Gasteiger partial charge is 0.313 e. The van der Waals surface area contributed by atoms with Crippen molar-refractivity contribution in [1.29, 1.82) is 0 Å². The van der Waals surface area contributed by atoms with E-state index in [-0.39, 0.29) is 11.8 Å². The fourth-order valence-electron chi connectivity index (χ4n) is 1.56. The lowest BCUT2D eigenvalue weighted by atomic mass is 10.3. The molecule has 7 heteroatoms. The number of aryl methyl sites for hydroxylation is 1. The Morgan fingerprint density at radius 2 is 2.29 bits per heavy atom. The van der Waals surface area contributed by atoms with Gasteiger partial charge in [0, 0.05) is 25.0 Å². The van der Waals surface area contributed by atoms with Crippen molar-refractivity contribution in [3.05, 3.63) is 17.4 Å². The van der Waals surface area contributed by atoms with E-state index < -0.39 is 9.84 Å². The van der Waals surface area contributed by atoms with Crippen LogP contribution in [0.4, 0.5) is 0 Å². The van der Waals surface area contributed by atoms with E-state index in [1.165, 1.54) is 6.26 Å². The van der Waals surface area contributed by atoms with Gasteiger partial charge < -0.3 is 5.32 Å². The summed E-state index contributed by atoms with van der Waals surface area (Å²) >= 11 is 5.73. The quantitative estimate of drug-likeness (QED) is 0.755. The van der Waals surface area contributed by atoms with E-state index in [2.05, 4.69) is 10.4 Å². The molecular weight excluding hydrogens is 262 g/mol. The average molecular weight is 280 g/mol. The van der Waals surface area contributed by atoms with Gasteiger partial charge in [-0.2, -0.15) is 5.10 Å². The van der Waals surface area contributed by atoms with Crippen molar-refractivity contribution < 1.29 is 8.42 Å². The number of hydrogen-bond donors (Lipinski definition) is 1. The minimum absolute atomic E-state index is 0.0220. The summed E-state index contributed by atoms with van der Waals surface area (Å²) < 4.78 is 23.8. The fraction of sp³-hybridized carbons (Fsp3) is 0.700. The van der Waals surface area contributed by atoms with E-state index in [0.29, 0.717) is 5.02 Å². The number of nitrogens with one attached hydrogen (secondary N) is 1. The zero-order valence-electron chi connectivity index (χ0n) is 10.1. The zero-order valence-corrected chi connectivity index (χ0v) is 11.6. The van der Waals surface area contributed by atoms with Crippen LogP contribution in [0.25, 0.3) is 0 Å². The highest BCUT2D eigenvalue weighted by molar-refractivity contribution is 7.90. The van der Waals surface area contributed by atoms with E-state index >= 15 is 0 Å². The van der Waals surface area contributed by atoms with E-state index in [0.717, 1.165) is 19.5 Å². The van der Waals surface area contributed by atoms with Crippen LogP contribution in [0.1, 0.15) is 13.3 Å². The highest BCUT2D eigenvalue weighted by Crippen LogP contribution is 2.04. The molecule has 0 aliphatic rings. The Bertz CT molecular complexity index is 444. The predicted octanol–water partition coefficient (Wildman–Crippen LogP) is 0.949. The minimum atomic E-state index is -2.91. The van der Waals surface area contributed by atoms with Gasteiger partial charge in [-0.15, -0.1) is 0 Å². The molecular formula is C10H18ClN3O2S. The maximum atomic E-state index is 11.0. The van der Waals surface area contributed by atoms with Gasteiger partial charge in [0.05, 0.1) is 17.0 Å². The van der Waals surface area contributed by atoms with E-state index in [9.17, 15) is 8.42 Å². The molecule has 5 nitrogen and oxygen atoms in total. The highest BCUT2D eigenvalue weighted by Gasteiger charge is 2.09. The van der Waals surface area contributed by atoms with Gasteiger partial charge in [-0.05, 0) is 19.9 Å². The van der Waals surface area contributed by atoms with Crippen LogP contribution < -0.4 is 5.32 Å². The van der Waals surface area contributed by atoms with Gasteiger partial charge in [0.2, 0.25) is 0 Å². The van der Waals surface area contributed by atoms with Crippen LogP contribution in [0.5, 0.6) is 0 Å². The Morgan fingerprint density at radius 1 is 1.59 bits per heavy atom. The first-order valence-electron chi connectivity index (χ1n) is 5.46. The van der Waals surface area contributed by atoms with Crippen molar-refractivity contribution in [2.75, 3.05) is 18.6 Å². The van der Waals surface area contributed by atoms with Crippen LogP contribution in [0.3, 0.4) is 0 Å². The fourth-order valence-corrected chi connectivity index (χ4v) is 2.75. The Kier molecular flexibility index (Phi) is 5.42. The number of rotatable bonds is 7. The van der Waals surface area contributed by atoms with Crippen molar-refractivity contribution in [1.82, 2.24) is 15.1 Å². The summed E-state index contributed by atoms with van der Waals surface area (Å²) in [6.07, 6.45) is 5.49. The first-order valence-corrected chi connectivity index (χ1v) is 7.90. The number of sulfone groups is 1. The molecule has 0 saturated heterocycles. The van der Waals surface area contributed by atoms with Gasteiger partial charge >= 0.3 is 0 Å². The summed E-state index contributed by atoms with van der Waals surface area (Å²) in [4.78, 5) is 0. The van der Waals surface area contributed by atoms with E-state index in [4.69, 9.17) is 11.6 Å². The average Bonchev–Trinajstić information content (AvgIpc) is 2.56. The molecule has 0 spiro atoms. The third-order valence-electron chi connectivity index (χ3n) is 2.21. The zero-order chi connectivity index (χ0) is 12.9. The molecule has 0 fully saturated rings. The molecule has 0 saturated carbocycles. The second-order valence-electron chi connectivity index (χ2n) is 4.22. The standard InChI is InChI=1S/C10H18ClN3O2S/c1-9(8-17(2,15)16)12-4-3-5-14-7-10(11)6-13-14/h6-7,9,12H,3-5,8H2,1-2H3/t9-/m1/s1. The molecule has 1 aromatic heterocycles. The molecule has 1 aromatic rings. The lowest BCUT2D eigenvalue weighted by Crippen LogP contribution is -2.33. The van der Waals surface area contributed by atoms with Crippen LogP contribution >= 0.6 is 11.6 Å².